The predicted molar refractivity (Wildman–Crippen MR) is 109 cm³/mol. The van der Waals surface area contributed by atoms with Crippen molar-refractivity contribution >= 4 is 17.0 Å². The molecule has 1 heterocycles. The van der Waals surface area contributed by atoms with E-state index in [1.54, 1.807) is 13.0 Å². The van der Waals surface area contributed by atoms with Gasteiger partial charge in [-0.15, -0.1) is 0 Å². The highest BCUT2D eigenvalue weighted by molar-refractivity contribution is 5.77. The Kier molecular flexibility index (Phi) is 6.21. The molecular formula is C22H25N3O3. The summed E-state index contributed by atoms with van der Waals surface area (Å²) in [5.41, 5.74) is 2.51. The second kappa shape index (κ2) is 8.80. The molecule has 1 N–H and O–H groups in total. The number of carbonyl (C=O) groups is 1. The third kappa shape index (κ3) is 4.28. The van der Waals surface area contributed by atoms with Gasteiger partial charge >= 0.3 is 5.97 Å². The normalized spacial score (nSPS) is 13.2. The van der Waals surface area contributed by atoms with E-state index >= 15 is 0 Å². The number of hydrogen-bond acceptors (Lipinski definition) is 5. The van der Waals surface area contributed by atoms with Crippen molar-refractivity contribution in [2.24, 2.45) is 0 Å². The molecule has 3 rings (SSSR count). The van der Waals surface area contributed by atoms with E-state index in [4.69, 9.17) is 4.74 Å². The van der Waals surface area contributed by atoms with E-state index in [-0.39, 0.29) is 30.8 Å². The molecule has 0 saturated carbocycles. The number of nitrogens with zero attached hydrogens (tertiary/aromatic N) is 2. The minimum absolute atomic E-state index is 0.0439. The summed E-state index contributed by atoms with van der Waals surface area (Å²) in [6.45, 7) is 5.84. The molecule has 0 aliphatic carbocycles. The first-order valence-corrected chi connectivity index (χ1v) is 9.47. The Morgan fingerprint density at radius 3 is 2.46 bits per heavy atom. The van der Waals surface area contributed by atoms with Gasteiger partial charge < -0.3 is 10.1 Å². The van der Waals surface area contributed by atoms with Crippen molar-refractivity contribution < 1.29 is 9.53 Å². The van der Waals surface area contributed by atoms with Crippen LogP contribution in [0.1, 0.15) is 44.1 Å². The van der Waals surface area contributed by atoms with Crippen LogP contribution in [0, 0.1) is 0 Å². The quantitative estimate of drug-likeness (QED) is 0.637. The van der Waals surface area contributed by atoms with Crippen molar-refractivity contribution in [1.29, 1.82) is 0 Å². The molecule has 2 aromatic carbocycles. The minimum Gasteiger partial charge on any atom is -0.465 e. The van der Waals surface area contributed by atoms with Crippen LogP contribution in [0.25, 0.3) is 11.0 Å². The van der Waals surface area contributed by atoms with Crippen LogP contribution in [0.4, 0.5) is 0 Å². The average Bonchev–Trinajstić information content (AvgIpc) is 2.70. The Balaban J connectivity index is 1.97. The van der Waals surface area contributed by atoms with E-state index in [0.29, 0.717) is 16.7 Å². The largest absolute Gasteiger partial charge is 0.465 e. The van der Waals surface area contributed by atoms with Crippen LogP contribution in [0.15, 0.2) is 59.4 Å². The Labute approximate surface area is 164 Å². The number of esters is 1. The smallest absolute Gasteiger partial charge is 0.326 e. The SMILES string of the molecule is CCOC(=O)Cn1c(=O)c([C@H](C)N[C@H](C)c2ccccc2)nc2ccccc21. The van der Waals surface area contributed by atoms with Gasteiger partial charge in [0, 0.05) is 6.04 Å². The molecule has 1 aromatic heterocycles. The zero-order valence-electron chi connectivity index (χ0n) is 16.4. The van der Waals surface area contributed by atoms with Gasteiger partial charge in [-0.05, 0) is 38.5 Å². The van der Waals surface area contributed by atoms with Crippen LogP contribution in [-0.4, -0.2) is 22.1 Å². The average molecular weight is 379 g/mol. The molecule has 0 spiro atoms. The lowest BCUT2D eigenvalue weighted by Gasteiger charge is -2.21. The van der Waals surface area contributed by atoms with Crippen LogP contribution < -0.4 is 10.9 Å². The fraction of sp³-hybridized carbons (Fsp3) is 0.318. The maximum Gasteiger partial charge on any atom is 0.326 e. The molecule has 146 valence electrons. The number of hydrogen-bond donors (Lipinski definition) is 1. The van der Waals surface area contributed by atoms with Crippen molar-refractivity contribution in [3.63, 3.8) is 0 Å². The van der Waals surface area contributed by atoms with Crippen LogP contribution in [0.3, 0.4) is 0 Å². The van der Waals surface area contributed by atoms with Crippen molar-refractivity contribution in [3.05, 3.63) is 76.2 Å². The van der Waals surface area contributed by atoms with Crippen molar-refractivity contribution in [2.45, 2.75) is 39.4 Å². The molecule has 6 heteroatoms. The second-order valence-corrected chi connectivity index (χ2v) is 6.70. The molecule has 0 bridgehead atoms. The van der Waals surface area contributed by atoms with Gasteiger partial charge in [0.05, 0.1) is 23.7 Å². The Morgan fingerprint density at radius 1 is 1.07 bits per heavy atom. The summed E-state index contributed by atoms with van der Waals surface area (Å²) >= 11 is 0. The van der Waals surface area contributed by atoms with Crippen molar-refractivity contribution in [2.75, 3.05) is 6.61 Å². The molecular weight excluding hydrogens is 354 g/mol. The Hall–Kier alpha value is -2.99. The van der Waals surface area contributed by atoms with Crippen LogP contribution in [0.2, 0.25) is 0 Å². The molecule has 0 saturated heterocycles. The molecule has 0 radical (unpaired) electrons. The number of rotatable bonds is 7. The van der Waals surface area contributed by atoms with Gasteiger partial charge in [-0.2, -0.15) is 0 Å². The number of nitrogens with one attached hydrogen (secondary N) is 1. The van der Waals surface area contributed by atoms with Gasteiger partial charge in [0.25, 0.3) is 5.56 Å². The Bertz CT molecular complexity index is 1010. The lowest BCUT2D eigenvalue weighted by Crippen LogP contribution is -2.34. The fourth-order valence-electron chi connectivity index (χ4n) is 3.28. The topological polar surface area (TPSA) is 73.2 Å². The summed E-state index contributed by atoms with van der Waals surface area (Å²) in [5.74, 6) is -0.440. The highest BCUT2D eigenvalue weighted by Gasteiger charge is 2.20. The van der Waals surface area contributed by atoms with E-state index in [1.807, 2.05) is 62.4 Å². The molecule has 0 unspecified atom stereocenters. The number of carbonyl (C=O) groups excluding carboxylic acids is 1. The standard InChI is InChI=1S/C22H25N3O3/c1-4-28-20(26)14-25-19-13-9-8-12-18(19)24-21(22(25)27)16(3)23-15(2)17-10-6-5-7-11-17/h5-13,15-16,23H,4,14H2,1-3H3/t15-,16+/m1/s1. The molecule has 3 aromatic rings. The third-order valence-electron chi connectivity index (χ3n) is 4.68. The van der Waals surface area contributed by atoms with Crippen molar-refractivity contribution in [3.8, 4) is 0 Å². The third-order valence-corrected chi connectivity index (χ3v) is 4.68. The van der Waals surface area contributed by atoms with E-state index in [9.17, 15) is 9.59 Å². The second-order valence-electron chi connectivity index (χ2n) is 6.70. The van der Waals surface area contributed by atoms with E-state index < -0.39 is 5.97 Å². The summed E-state index contributed by atoms with van der Waals surface area (Å²) in [6, 6.07) is 17.1. The molecule has 0 amide bonds. The minimum atomic E-state index is -0.440. The van der Waals surface area contributed by atoms with E-state index in [1.165, 1.54) is 4.57 Å². The fourth-order valence-corrected chi connectivity index (χ4v) is 3.28. The first kappa shape index (κ1) is 19.8. The van der Waals surface area contributed by atoms with Gasteiger partial charge in [-0.3, -0.25) is 14.2 Å². The number of fused-ring (bicyclic) bond motifs is 1. The zero-order valence-corrected chi connectivity index (χ0v) is 16.4. The van der Waals surface area contributed by atoms with Gasteiger partial charge in [-0.1, -0.05) is 42.5 Å². The zero-order chi connectivity index (χ0) is 20.1. The van der Waals surface area contributed by atoms with Crippen LogP contribution in [-0.2, 0) is 16.1 Å². The maximum atomic E-state index is 13.1. The molecule has 6 nitrogen and oxygen atoms in total. The summed E-state index contributed by atoms with van der Waals surface area (Å²) < 4.78 is 6.48. The molecule has 0 aliphatic rings. The number of ether oxygens (including phenoxy) is 1. The first-order chi connectivity index (χ1) is 13.5. The lowest BCUT2D eigenvalue weighted by molar-refractivity contribution is -0.143. The first-order valence-electron chi connectivity index (χ1n) is 9.47. The summed E-state index contributed by atoms with van der Waals surface area (Å²) in [7, 11) is 0. The molecule has 28 heavy (non-hydrogen) atoms. The number of para-hydroxylation sites is 2. The predicted octanol–water partition coefficient (Wildman–Crippen LogP) is 3.37. The summed E-state index contributed by atoms with van der Waals surface area (Å²) in [5, 5.41) is 3.43. The molecule has 2 atom stereocenters. The number of aromatic nitrogens is 2. The van der Waals surface area contributed by atoms with Crippen LogP contribution >= 0.6 is 0 Å². The van der Waals surface area contributed by atoms with E-state index in [0.717, 1.165) is 5.56 Å². The maximum absolute atomic E-state index is 13.1. The highest BCUT2D eigenvalue weighted by atomic mass is 16.5. The Morgan fingerprint density at radius 2 is 1.75 bits per heavy atom. The van der Waals surface area contributed by atoms with Gasteiger partial charge in [0.2, 0.25) is 0 Å². The van der Waals surface area contributed by atoms with Gasteiger partial charge in [0.15, 0.2) is 0 Å². The number of benzene rings is 2. The van der Waals surface area contributed by atoms with Gasteiger partial charge in [-0.25, -0.2) is 4.98 Å². The highest BCUT2D eigenvalue weighted by Crippen LogP contribution is 2.18. The lowest BCUT2D eigenvalue weighted by atomic mass is 10.1. The van der Waals surface area contributed by atoms with Crippen molar-refractivity contribution in [1.82, 2.24) is 14.9 Å². The summed E-state index contributed by atoms with van der Waals surface area (Å²) in [4.78, 5) is 29.8. The van der Waals surface area contributed by atoms with Gasteiger partial charge in [0.1, 0.15) is 12.2 Å². The van der Waals surface area contributed by atoms with Crippen LogP contribution in [0.5, 0.6) is 0 Å². The summed E-state index contributed by atoms with van der Waals surface area (Å²) in [6.07, 6.45) is 0. The monoisotopic (exact) mass is 379 g/mol. The van der Waals surface area contributed by atoms with E-state index in [2.05, 4.69) is 10.3 Å². The molecule has 0 aliphatic heterocycles. The molecule has 0 fully saturated rings.